The van der Waals surface area contributed by atoms with Gasteiger partial charge in [-0.1, -0.05) is 19.0 Å². The summed E-state index contributed by atoms with van der Waals surface area (Å²) in [7, 11) is 0. The Morgan fingerprint density at radius 3 is 2.63 bits per heavy atom. The van der Waals surface area contributed by atoms with Gasteiger partial charge < -0.3 is 26.5 Å². The quantitative estimate of drug-likeness (QED) is 0.179. The molecule has 0 atom stereocenters. The highest BCUT2D eigenvalue weighted by atomic mass is 16.4. The van der Waals surface area contributed by atoms with Crippen LogP contribution in [-0.4, -0.2) is 33.7 Å². The van der Waals surface area contributed by atoms with E-state index in [0.717, 1.165) is 6.07 Å². The minimum absolute atomic E-state index is 0.0204. The van der Waals surface area contributed by atoms with E-state index in [1.807, 2.05) is 0 Å². The summed E-state index contributed by atoms with van der Waals surface area (Å²) < 4.78 is 0. The van der Waals surface area contributed by atoms with Gasteiger partial charge in [0.1, 0.15) is 17.3 Å². The van der Waals surface area contributed by atoms with E-state index in [-0.39, 0.29) is 29.4 Å². The van der Waals surface area contributed by atoms with E-state index < -0.39 is 11.3 Å². The van der Waals surface area contributed by atoms with Crippen molar-refractivity contribution < 1.29 is 20.2 Å². The number of oxime groups is 1. The van der Waals surface area contributed by atoms with E-state index in [1.54, 1.807) is 13.8 Å². The first-order valence-electron chi connectivity index (χ1n) is 5.56. The highest BCUT2D eigenvalue weighted by Crippen LogP contribution is 2.22. The molecule has 0 spiro atoms. The second-order valence-corrected chi connectivity index (χ2v) is 4.75. The molecule has 1 rings (SSSR count). The normalized spacial score (nSPS) is 12.2. The maximum absolute atomic E-state index is 11.8. The molecule has 19 heavy (non-hydrogen) atoms. The number of amides is 1. The van der Waals surface area contributed by atoms with E-state index >= 15 is 0 Å². The van der Waals surface area contributed by atoms with Crippen LogP contribution in [0, 0.1) is 5.41 Å². The first kappa shape index (κ1) is 14.6. The minimum Gasteiger partial charge on any atom is -0.508 e. The van der Waals surface area contributed by atoms with E-state index in [1.165, 1.54) is 12.1 Å². The zero-order valence-electron chi connectivity index (χ0n) is 10.7. The van der Waals surface area contributed by atoms with Crippen molar-refractivity contribution >= 4 is 11.7 Å². The maximum Gasteiger partial charge on any atom is 0.255 e. The smallest absolute Gasteiger partial charge is 0.255 e. The molecule has 0 unspecified atom stereocenters. The number of amidine groups is 1. The van der Waals surface area contributed by atoms with Crippen molar-refractivity contribution in [2.45, 2.75) is 13.8 Å². The summed E-state index contributed by atoms with van der Waals surface area (Å²) in [5.74, 6) is -0.948. The predicted octanol–water partition coefficient (Wildman–Crippen LogP) is 0.600. The lowest BCUT2D eigenvalue weighted by molar-refractivity contribution is 0.0941. The average Bonchev–Trinajstić information content (AvgIpc) is 2.37. The molecule has 1 aromatic carbocycles. The Labute approximate surface area is 110 Å². The number of aromatic hydroxyl groups is 2. The number of benzene rings is 1. The molecule has 0 aliphatic heterocycles. The number of carbonyl (C=O) groups is 1. The highest BCUT2D eigenvalue weighted by Gasteiger charge is 2.25. The van der Waals surface area contributed by atoms with Crippen molar-refractivity contribution in [1.29, 1.82) is 0 Å². The number of nitrogens with zero attached hydrogens (tertiary/aromatic N) is 1. The topological polar surface area (TPSA) is 128 Å². The summed E-state index contributed by atoms with van der Waals surface area (Å²) >= 11 is 0. The zero-order chi connectivity index (χ0) is 14.6. The summed E-state index contributed by atoms with van der Waals surface area (Å²) in [5, 5.41) is 32.9. The molecule has 0 aliphatic carbocycles. The van der Waals surface area contributed by atoms with Crippen LogP contribution >= 0.6 is 0 Å². The van der Waals surface area contributed by atoms with Gasteiger partial charge in [0.15, 0.2) is 0 Å². The molecule has 7 nitrogen and oxygen atoms in total. The van der Waals surface area contributed by atoms with Gasteiger partial charge in [-0.3, -0.25) is 4.79 Å². The third kappa shape index (κ3) is 3.51. The lowest BCUT2D eigenvalue weighted by Crippen LogP contribution is -2.42. The van der Waals surface area contributed by atoms with Crippen LogP contribution in [0.5, 0.6) is 11.5 Å². The minimum atomic E-state index is -0.739. The van der Waals surface area contributed by atoms with Gasteiger partial charge in [0.2, 0.25) is 0 Å². The first-order chi connectivity index (χ1) is 8.77. The van der Waals surface area contributed by atoms with Crippen molar-refractivity contribution in [3.05, 3.63) is 23.8 Å². The molecule has 0 radical (unpaired) electrons. The fourth-order valence-corrected chi connectivity index (χ4v) is 1.33. The van der Waals surface area contributed by atoms with Gasteiger partial charge in [-0.15, -0.1) is 0 Å². The molecule has 7 heteroatoms. The summed E-state index contributed by atoms with van der Waals surface area (Å²) in [6.45, 7) is 3.48. The number of hydrogen-bond acceptors (Lipinski definition) is 5. The molecule has 0 bridgehead atoms. The molecule has 1 amide bonds. The van der Waals surface area contributed by atoms with Crippen molar-refractivity contribution in [3.8, 4) is 11.5 Å². The van der Waals surface area contributed by atoms with Crippen LogP contribution < -0.4 is 11.1 Å². The number of carbonyl (C=O) groups excluding carboxylic acids is 1. The molecule has 104 valence electrons. The predicted molar refractivity (Wildman–Crippen MR) is 69.3 cm³/mol. The Balaban J connectivity index is 2.79. The molecule has 6 N–H and O–H groups in total. The second-order valence-electron chi connectivity index (χ2n) is 4.75. The molecule has 0 heterocycles. The van der Waals surface area contributed by atoms with Crippen LogP contribution in [0.3, 0.4) is 0 Å². The van der Waals surface area contributed by atoms with Gasteiger partial charge in [0, 0.05) is 12.0 Å². The van der Waals surface area contributed by atoms with Crippen LogP contribution in [0.1, 0.15) is 24.2 Å². The van der Waals surface area contributed by atoms with Crippen LogP contribution in [-0.2, 0) is 0 Å². The molecular weight excluding hydrogens is 250 g/mol. The lowest BCUT2D eigenvalue weighted by Gasteiger charge is -2.23. The number of nitrogens with two attached hydrogens (primary N) is 1. The SMILES string of the molecule is CC(C)(CNC(=O)c1cc(O)ccc1O)/C(N)=N/O. The maximum atomic E-state index is 11.8. The molecule has 0 fully saturated rings. The number of hydrogen-bond donors (Lipinski definition) is 5. The Hall–Kier alpha value is -2.44. The van der Waals surface area contributed by atoms with Crippen molar-refractivity contribution in [2.75, 3.05) is 6.54 Å². The Kier molecular flexibility index (Phi) is 4.21. The molecule has 0 saturated carbocycles. The third-order valence-corrected chi connectivity index (χ3v) is 2.72. The van der Waals surface area contributed by atoms with Gasteiger partial charge in [-0.2, -0.15) is 0 Å². The zero-order valence-corrected chi connectivity index (χ0v) is 10.7. The van der Waals surface area contributed by atoms with Gasteiger partial charge in [0.05, 0.1) is 5.56 Å². The first-order valence-corrected chi connectivity index (χ1v) is 5.56. The highest BCUT2D eigenvalue weighted by molar-refractivity contribution is 5.97. The van der Waals surface area contributed by atoms with Crippen LogP contribution in [0.25, 0.3) is 0 Å². The summed E-state index contributed by atoms with van der Waals surface area (Å²) in [6.07, 6.45) is 0. The van der Waals surface area contributed by atoms with Gasteiger partial charge >= 0.3 is 0 Å². The number of rotatable bonds is 4. The van der Waals surface area contributed by atoms with Crippen LogP contribution in [0.2, 0.25) is 0 Å². The van der Waals surface area contributed by atoms with Crippen LogP contribution in [0.4, 0.5) is 0 Å². The van der Waals surface area contributed by atoms with Gasteiger partial charge in [-0.05, 0) is 18.2 Å². The fraction of sp³-hybridized carbons (Fsp3) is 0.333. The molecule has 0 aliphatic rings. The Morgan fingerprint density at radius 2 is 2.05 bits per heavy atom. The van der Waals surface area contributed by atoms with Crippen molar-refractivity contribution in [3.63, 3.8) is 0 Å². The number of nitrogens with one attached hydrogen (secondary N) is 1. The fourth-order valence-electron chi connectivity index (χ4n) is 1.33. The number of phenols is 2. The molecule has 1 aromatic rings. The standard InChI is InChI=1S/C12H17N3O4/c1-12(2,11(13)15-19)6-14-10(18)8-5-7(16)3-4-9(8)17/h3-5,16-17,19H,6H2,1-2H3,(H2,13,15)(H,14,18). The monoisotopic (exact) mass is 267 g/mol. The van der Waals surface area contributed by atoms with E-state index in [9.17, 15) is 15.0 Å². The van der Waals surface area contributed by atoms with Gasteiger partial charge in [0.25, 0.3) is 5.91 Å². The third-order valence-electron chi connectivity index (χ3n) is 2.72. The largest absolute Gasteiger partial charge is 0.508 e. The Morgan fingerprint density at radius 1 is 1.42 bits per heavy atom. The van der Waals surface area contributed by atoms with E-state index in [4.69, 9.17) is 10.9 Å². The van der Waals surface area contributed by atoms with Crippen molar-refractivity contribution in [1.82, 2.24) is 5.32 Å². The second kappa shape index (κ2) is 5.47. The molecular formula is C12H17N3O4. The lowest BCUT2D eigenvalue weighted by atomic mass is 9.92. The molecule has 0 aromatic heterocycles. The van der Waals surface area contributed by atoms with E-state index in [0.29, 0.717) is 0 Å². The van der Waals surface area contributed by atoms with E-state index in [2.05, 4.69) is 10.5 Å². The summed E-state index contributed by atoms with van der Waals surface area (Å²) in [4.78, 5) is 11.8. The average molecular weight is 267 g/mol. The Bertz CT molecular complexity index is 512. The summed E-state index contributed by atoms with van der Waals surface area (Å²) in [6, 6.07) is 3.65. The molecule has 0 saturated heterocycles. The number of phenolic OH excluding ortho intramolecular Hbond substituents is 2. The summed E-state index contributed by atoms with van der Waals surface area (Å²) in [5.41, 5.74) is 4.70. The van der Waals surface area contributed by atoms with Crippen molar-refractivity contribution in [2.24, 2.45) is 16.3 Å². The van der Waals surface area contributed by atoms with Crippen LogP contribution in [0.15, 0.2) is 23.4 Å². The van der Waals surface area contributed by atoms with Gasteiger partial charge in [-0.25, -0.2) is 0 Å².